The molecule has 0 fully saturated rings. The molecule has 1 amide bonds. The van der Waals surface area contributed by atoms with Crippen molar-refractivity contribution in [2.45, 2.75) is 13.8 Å². The molecule has 4 rings (SSSR count). The molecule has 146 valence electrons. The summed E-state index contributed by atoms with van der Waals surface area (Å²) < 4.78 is 0. The van der Waals surface area contributed by atoms with Crippen molar-refractivity contribution in [1.82, 2.24) is 9.97 Å². The van der Waals surface area contributed by atoms with Gasteiger partial charge in [0.2, 0.25) is 0 Å². The number of carbonyl (C=O) groups excluding carboxylic acids is 1. The second-order valence-corrected chi connectivity index (χ2v) is 8.72. The van der Waals surface area contributed by atoms with Crippen LogP contribution in [0.25, 0.3) is 10.6 Å². The van der Waals surface area contributed by atoms with E-state index in [0.29, 0.717) is 15.7 Å². The maximum Gasteiger partial charge on any atom is 0.257 e. The highest BCUT2D eigenvalue weighted by Crippen LogP contribution is 2.35. The Morgan fingerprint density at radius 2 is 1.69 bits per heavy atom. The molecule has 8 heteroatoms. The summed E-state index contributed by atoms with van der Waals surface area (Å²) in [4.78, 5) is 22.5. The molecule has 29 heavy (non-hydrogen) atoms. The summed E-state index contributed by atoms with van der Waals surface area (Å²) >= 11 is 8.81. The van der Waals surface area contributed by atoms with Gasteiger partial charge in [0, 0.05) is 21.7 Å². The zero-order valence-corrected chi connectivity index (χ0v) is 18.1. The third-order valence-electron chi connectivity index (χ3n) is 4.16. The fourth-order valence-corrected chi connectivity index (χ4v) is 4.50. The maximum atomic E-state index is 12.4. The van der Waals surface area contributed by atoms with Crippen LogP contribution in [0.1, 0.15) is 21.6 Å². The van der Waals surface area contributed by atoms with Gasteiger partial charge in [0.15, 0.2) is 10.3 Å². The van der Waals surface area contributed by atoms with E-state index in [1.165, 1.54) is 28.2 Å². The van der Waals surface area contributed by atoms with E-state index < -0.39 is 0 Å². The Hall–Kier alpha value is -2.74. The minimum absolute atomic E-state index is 0.220. The van der Waals surface area contributed by atoms with Crippen molar-refractivity contribution in [1.29, 1.82) is 0 Å². The first kappa shape index (κ1) is 19.6. The number of thiazole rings is 2. The molecule has 2 aromatic heterocycles. The average molecular weight is 441 g/mol. The molecule has 0 aliphatic heterocycles. The van der Waals surface area contributed by atoms with Crippen LogP contribution in [0.3, 0.4) is 0 Å². The van der Waals surface area contributed by atoms with Crippen LogP contribution < -0.4 is 10.6 Å². The van der Waals surface area contributed by atoms with Crippen LogP contribution >= 0.6 is 34.3 Å². The van der Waals surface area contributed by atoms with Crippen molar-refractivity contribution in [3.63, 3.8) is 0 Å². The van der Waals surface area contributed by atoms with E-state index in [-0.39, 0.29) is 5.91 Å². The smallest absolute Gasteiger partial charge is 0.257 e. The first-order valence-corrected chi connectivity index (χ1v) is 10.9. The molecule has 2 aromatic carbocycles. The molecule has 0 radical (unpaired) electrons. The number of nitrogens with one attached hydrogen (secondary N) is 2. The summed E-state index contributed by atoms with van der Waals surface area (Å²) in [5.74, 6) is -0.220. The van der Waals surface area contributed by atoms with Crippen LogP contribution in [0.2, 0.25) is 5.02 Å². The fourth-order valence-electron chi connectivity index (χ4n) is 2.65. The fraction of sp³-hybridized carbons (Fsp3) is 0.0952. The Bertz CT molecular complexity index is 1150. The maximum absolute atomic E-state index is 12.4. The Balaban J connectivity index is 1.49. The van der Waals surface area contributed by atoms with Gasteiger partial charge in [0.1, 0.15) is 0 Å². The topological polar surface area (TPSA) is 66.9 Å². The molecule has 0 aliphatic rings. The van der Waals surface area contributed by atoms with Crippen molar-refractivity contribution in [3.8, 4) is 10.6 Å². The molecular formula is C21H17ClN4OS2. The van der Waals surface area contributed by atoms with Crippen molar-refractivity contribution < 1.29 is 4.79 Å². The minimum Gasteiger partial charge on any atom is -0.332 e. The number of benzene rings is 2. The van der Waals surface area contributed by atoms with Gasteiger partial charge in [0.25, 0.3) is 5.91 Å². The number of nitrogens with zero attached hydrogens (tertiary/aromatic N) is 2. The average Bonchev–Trinajstić information content (AvgIpc) is 3.30. The van der Waals surface area contributed by atoms with E-state index >= 15 is 0 Å². The van der Waals surface area contributed by atoms with Crippen molar-refractivity contribution >= 4 is 56.1 Å². The zero-order valence-electron chi connectivity index (χ0n) is 15.7. The Morgan fingerprint density at radius 1 is 0.966 bits per heavy atom. The highest BCUT2D eigenvalue weighted by atomic mass is 35.5. The summed E-state index contributed by atoms with van der Waals surface area (Å²) in [6.07, 6.45) is 0. The van der Waals surface area contributed by atoms with E-state index in [0.717, 1.165) is 27.1 Å². The lowest BCUT2D eigenvalue weighted by atomic mass is 10.2. The first-order valence-electron chi connectivity index (χ1n) is 8.82. The summed E-state index contributed by atoms with van der Waals surface area (Å²) in [5.41, 5.74) is 4.40. The third-order valence-corrected chi connectivity index (χ3v) is 6.27. The standard InChI is InChI=1S/C21H17ClN4OS2/c1-12-3-9-16(10-4-12)24-20-25-17(11-28-20)18-13(2)23-21(29-18)26-19(27)14-5-7-15(22)8-6-14/h3-11H,1-2H3,(H,24,25)(H,23,26,27). The van der Waals surface area contributed by atoms with Crippen LogP contribution in [0, 0.1) is 13.8 Å². The number of aromatic nitrogens is 2. The first-order chi connectivity index (χ1) is 14.0. The number of hydrogen-bond donors (Lipinski definition) is 2. The lowest BCUT2D eigenvalue weighted by molar-refractivity contribution is 0.102. The number of carbonyl (C=O) groups is 1. The molecule has 0 unspecified atom stereocenters. The molecule has 4 aromatic rings. The minimum atomic E-state index is -0.220. The van der Waals surface area contributed by atoms with Crippen molar-refractivity contribution in [2.24, 2.45) is 0 Å². The van der Waals surface area contributed by atoms with Crippen LogP contribution in [0.5, 0.6) is 0 Å². The molecule has 0 saturated heterocycles. The number of amides is 1. The van der Waals surface area contributed by atoms with Gasteiger partial charge in [-0.05, 0) is 50.2 Å². The summed E-state index contributed by atoms with van der Waals surface area (Å²) in [6.45, 7) is 3.97. The molecule has 2 N–H and O–H groups in total. The van der Waals surface area contributed by atoms with Gasteiger partial charge >= 0.3 is 0 Å². The Morgan fingerprint density at radius 3 is 2.41 bits per heavy atom. The molecular weight excluding hydrogens is 424 g/mol. The van der Waals surface area contributed by atoms with Gasteiger partial charge in [-0.15, -0.1) is 11.3 Å². The molecule has 2 heterocycles. The normalized spacial score (nSPS) is 10.7. The lowest BCUT2D eigenvalue weighted by Crippen LogP contribution is -2.11. The Labute approximate surface area is 181 Å². The number of rotatable bonds is 5. The SMILES string of the molecule is Cc1ccc(Nc2nc(-c3sc(NC(=O)c4ccc(Cl)cc4)nc3C)cs2)cc1. The van der Waals surface area contributed by atoms with Crippen LogP contribution in [0.4, 0.5) is 16.0 Å². The predicted molar refractivity (Wildman–Crippen MR) is 122 cm³/mol. The van der Waals surface area contributed by atoms with Gasteiger partial charge in [-0.2, -0.15) is 0 Å². The summed E-state index contributed by atoms with van der Waals surface area (Å²) in [7, 11) is 0. The van der Waals surface area contributed by atoms with Crippen molar-refractivity contribution in [3.05, 3.63) is 75.8 Å². The van der Waals surface area contributed by atoms with E-state index in [4.69, 9.17) is 11.6 Å². The van der Waals surface area contributed by atoms with Gasteiger partial charge in [-0.3, -0.25) is 10.1 Å². The Kier molecular flexibility index (Phi) is 5.62. The summed E-state index contributed by atoms with van der Waals surface area (Å²) in [5, 5.41) is 10.1. The second-order valence-electron chi connectivity index (χ2n) is 6.42. The lowest BCUT2D eigenvalue weighted by Gasteiger charge is -2.02. The number of aryl methyl sites for hydroxylation is 2. The van der Waals surface area contributed by atoms with Gasteiger partial charge < -0.3 is 5.32 Å². The van der Waals surface area contributed by atoms with E-state index in [1.54, 1.807) is 24.3 Å². The van der Waals surface area contributed by atoms with Gasteiger partial charge in [0.05, 0.1) is 16.3 Å². The van der Waals surface area contributed by atoms with E-state index in [9.17, 15) is 4.79 Å². The van der Waals surface area contributed by atoms with Crippen LogP contribution in [-0.4, -0.2) is 15.9 Å². The highest BCUT2D eigenvalue weighted by molar-refractivity contribution is 7.20. The quantitative estimate of drug-likeness (QED) is 0.370. The summed E-state index contributed by atoms with van der Waals surface area (Å²) in [6, 6.07) is 14.9. The van der Waals surface area contributed by atoms with E-state index in [1.807, 2.05) is 24.4 Å². The molecule has 0 bridgehead atoms. The van der Waals surface area contributed by atoms with Crippen LogP contribution in [0.15, 0.2) is 53.9 Å². The van der Waals surface area contributed by atoms with E-state index in [2.05, 4.69) is 39.7 Å². The largest absolute Gasteiger partial charge is 0.332 e. The highest BCUT2D eigenvalue weighted by Gasteiger charge is 2.15. The number of hydrogen-bond acceptors (Lipinski definition) is 6. The number of anilines is 3. The predicted octanol–water partition coefficient (Wildman–Crippen LogP) is 6.53. The number of halogens is 1. The van der Waals surface area contributed by atoms with Crippen molar-refractivity contribution in [2.75, 3.05) is 10.6 Å². The monoisotopic (exact) mass is 440 g/mol. The molecule has 0 saturated carbocycles. The molecule has 0 spiro atoms. The van der Waals surface area contributed by atoms with Crippen LogP contribution in [-0.2, 0) is 0 Å². The molecule has 0 aliphatic carbocycles. The molecule has 5 nitrogen and oxygen atoms in total. The second kappa shape index (κ2) is 8.32. The molecule has 0 atom stereocenters. The third kappa shape index (κ3) is 4.64. The van der Waals surface area contributed by atoms with Gasteiger partial charge in [-0.1, -0.05) is 40.6 Å². The van der Waals surface area contributed by atoms with Gasteiger partial charge in [-0.25, -0.2) is 9.97 Å². The zero-order chi connectivity index (χ0) is 20.4.